The molecule has 1 aromatic heterocycles. The van der Waals surface area contributed by atoms with Crippen LogP contribution in [0.5, 0.6) is 0 Å². The number of amides is 1. The Hall–Kier alpha value is -2.61. The lowest BCUT2D eigenvalue weighted by molar-refractivity contribution is -0.115. The van der Waals surface area contributed by atoms with E-state index in [4.69, 9.17) is 0 Å². The molecule has 1 heterocycles. The molecule has 104 valence electrons. The average Bonchev–Trinajstić information content (AvgIpc) is 2.95. The Morgan fingerprint density at radius 2 is 2.35 bits per heavy atom. The Bertz CT molecular complexity index is 598. The van der Waals surface area contributed by atoms with E-state index in [0.29, 0.717) is 12.2 Å². The lowest BCUT2D eigenvalue weighted by Gasteiger charge is -2.08. The van der Waals surface area contributed by atoms with Gasteiger partial charge in [0.1, 0.15) is 12.1 Å². The molecule has 0 atom stereocenters. The number of hydrogen-bond donors (Lipinski definition) is 2. The van der Waals surface area contributed by atoms with Gasteiger partial charge in [0.2, 0.25) is 5.91 Å². The first-order chi connectivity index (χ1) is 9.70. The number of carbonyl (C=O) groups excluding carboxylic acids is 1. The lowest BCUT2D eigenvalue weighted by Crippen LogP contribution is -2.28. The number of tetrazole rings is 1. The van der Waals surface area contributed by atoms with Crippen LogP contribution in [0.2, 0.25) is 0 Å². The second-order valence-corrected chi connectivity index (χ2v) is 3.89. The average molecular weight is 276 g/mol. The molecule has 7 nitrogen and oxygen atoms in total. The predicted octanol–water partition coefficient (Wildman–Crippen LogP) is 0.515. The molecule has 0 aliphatic heterocycles. The number of nitrogens with one attached hydrogen (secondary N) is 2. The Morgan fingerprint density at radius 3 is 3.05 bits per heavy atom. The molecule has 0 saturated carbocycles. The number of halogens is 1. The van der Waals surface area contributed by atoms with Crippen molar-refractivity contribution >= 4 is 11.6 Å². The van der Waals surface area contributed by atoms with Gasteiger partial charge >= 0.3 is 0 Å². The van der Waals surface area contributed by atoms with Gasteiger partial charge in [0, 0.05) is 6.54 Å². The maximum absolute atomic E-state index is 13.6. The summed E-state index contributed by atoms with van der Waals surface area (Å²) in [6, 6.07) is 4.21. The molecule has 20 heavy (non-hydrogen) atoms. The van der Waals surface area contributed by atoms with Crippen LogP contribution in [0.25, 0.3) is 5.69 Å². The van der Waals surface area contributed by atoms with Gasteiger partial charge in [-0.3, -0.25) is 4.79 Å². The molecule has 8 heteroatoms. The molecule has 0 saturated heterocycles. The zero-order valence-corrected chi connectivity index (χ0v) is 10.6. The summed E-state index contributed by atoms with van der Waals surface area (Å²) in [5.41, 5.74) is 0.620. The standard InChI is InChI=1S/C12H13FN6O/c1-2-5-14-7-12(20)16-11-6-9(3-4-10(11)13)19-8-15-17-18-19/h2-4,6,8,14H,1,5,7H2,(H,16,20). The van der Waals surface area contributed by atoms with Crippen molar-refractivity contribution in [3.8, 4) is 5.69 Å². The van der Waals surface area contributed by atoms with Gasteiger partial charge < -0.3 is 10.6 Å². The summed E-state index contributed by atoms with van der Waals surface area (Å²) in [7, 11) is 0. The summed E-state index contributed by atoms with van der Waals surface area (Å²) >= 11 is 0. The highest BCUT2D eigenvalue weighted by molar-refractivity contribution is 5.92. The van der Waals surface area contributed by atoms with E-state index in [0.717, 1.165) is 0 Å². The second kappa shape index (κ2) is 6.53. The Balaban J connectivity index is 2.09. The van der Waals surface area contributed by atoms with Gasteiger partial charge in [-0.15, -0.1) is 11.7 Å². The molecular formula is C12H13FN6O. The van der Waals surface area contributed by atoms with Crippen LogP contribution in [-0.4, -0.2) is 39.2 Å². The summed E-state index contributed by atoms with van der Waals surface area (Å²) in [5.74, 6) is -0.876. The van der Waals surface area contributed by atoms with Crippen molar-refractivity contribution in [1.82, 2.24) is 25.5 Å². The summed E-state index contributed by atoms with van der Waals surface area (Å²) in [5, 5.41) is 16.0. The Kier molecular flexibility index (Phi) is 4.51. The molecule has 2 N–H and O–H groups in total. The molecule has 0 unspecified atom stereocenters. The number of carbonyl (C=O) groups is 1. The van der Waals surface area contributed by atoms with Crippen LogP contribution in [0.1, 0.15) is 0 Å². The largest absolute Gasteiger partial charge is 0.322 e. The fourth-order valence-electron chi connectivity index (χ4n) is 1.51. The first-order valence-corrected chi connectivity index (χ1v) is 5.85. The van der Waals surface area contributed by atoms with Crippen molar-refractivity contribution in [1.29, 1.82) is 0 Å². The van der Waals surface area contributed by atoms with Gasteiger partial charge in [-0.1, -0.05) is 6.08 Å². The van der Waals surface area contributed by atoms with Crippen LogP contribution in [0, 0.1) is 5.82 Å². The zero-order valence-electron chi connectivity index (χ0n) is 10.6. The van der Waals surface area contributed by atoms with Gasteiger partial charge in [0.15, 0.2) is 0 Å². The van der Waals surface area contributed by atoms with Gasteiger partial charge in [-0.05, 0) is 28.6 Å². The molecule has 0 bridgehead atoms. The minimum Gasteiger partial charge on any atom is -0.322 e. The zero-order chi connectivity index (χ0) is 14.4. The highest BCUT2D eigenvalue weighted by Gasteiger charge is 2.09. The van der Waals surface area contributed by atoms with Crippen molar-refractivity contribution in [2.24, 2.45) is 0 Å². The van der Waals surface area contributed by atoms with E-state index in [1.807, 2.05) is 0 Å². The van der Waals surface area contributed by atoms with Gasteiger partial charge in [-0.25, -0.2) is 9.07 Å². The number of nitrogens with zero attached hydrogens (tertiary/aromatic N) is 4. The van der Waals surface area contributed by atoms with Gasteiger partial charge in [0.25, 0.3) is 0 Å². The van der Waals surface area contributed by atoms with E-state index >= 15 is 0 Å². The van der Waals surface area contributed by atoms with Crippen LogP contribution in [0.4, 0.5) is 10.1 Å². The molecular weight excluding hydrogens is 263 g/mol. The number of rotatable bonds is 6. The molecule has 0 fully saturated rings. The Labute approximate surface area is 114 Å². The van der Waals surface area contributed by atoms with E-state index in [1.54, 1.807) is 6.08 Å². The van der Waals surface area contributed by atoms with Crippen molar-refractivity contribution in [3.63, 3.8) is 0 Å². The quantitative estimate of drug-likeness (QED) is 0.593. The van der Waals surface area contributed by atoms with E-state index in [2.05, 4.69) is 32.7 Å². The van der Waals surface area contributed by atoms with Gasteiger partial charge in [-0.2, -0.15) is 0 Å². The van der Waals surface area contributed by atoms with Crippen LogP contribution < -0.4 is 10.6 Å². The van der Waals surface area contributed by atoms with Crippen LogP contribution in [-0.2, 0) is 4.79 Å². The first-order valence-electron chi connectivity index (χ1n) is 5.85. The fraction of sp³-hybridized carbons (Fsp3) is 0.167. The maximum atomic E-state index is 13.6. The molecule has 0 spiro atoms. The molecule has 0 radical (unpaired) electrons. The molecule has 0 aliphatic carbocycles. The lowest BCUT2D eigenvalue weighted by atomic mass is 10.2. The van der Waals surface area contributed by atoms with Gasteiger partial charge in [0.05, 0.1) is 17.9 Å². The summed E-state index contributed by atoms with van der Waals surface area (Å²) < 4.78 is 15.0. The predicted molar refractivity (Wildman–Crippen MR) is 70.8 cm³/mol. The third-order valence-electron chi connectivity index (χ3n) is 2.41. The smallest absolute Gasteiger partial charge is 0.238 e. The van der Waals surface area contributed by atoms with Crippen molar-refractivity contribution in [3.05, 3.63) is 43.0 Å². The van der Waals surface area contributed by atoms with Crippen LogP contribution >= 0.6 is 0 Å². The fourth-order valence-corrected chi connectivity index (χ4v) is 1.51. The number of anilines is 1. The van der Waals surface area contributed by atoms with E-state index in [9.17, 15) is 9.18 Å². The third-order valence-corrected chi connectivity index (χ3v) is 2.41. The minimum absolute atomic E-state index is 0.0700. The second-order valence-electron chi connectivity index (χ2n) is 3.89. The normalized spacial score (nSPS) is 10.2. The van der Waals surface area contributed by atoms with E-state index in [-0.39, 0.29) is 18.1 Å². The number of aromatic nitrogens is 4. The molecule has 0 aliphatic rings. The molecule has 2 aromatic rings. The Morgan fingerprint density at radius 1 is 1.50 bits per heavy atom. The highest BCUT2D eigenvalue weighted by atomic mass is 19.1. The number of benzene rings is 1. The van der Waals surface area contributed by atoms with E-state index < -0.39 is 5.82 Å². The SMILES string of the molecule is C=CCNCC(=O)Nc1cc(-n2cnnn2)ccc1F. The third kappa shape index (κ3) is 3.45. The molecule has 1 amide bonds. The van der Waals surface area contributed by atoms with Crippen LogP contribution in [0.15, 0.2) is 37.2 Å². The van der Waals surface area contributed by atoms with Crippen LogP contribution in [0.3, 0.4) is 0 Å². The van der Waals surface area contributed by atoms with Crippen molar-refractivity contribution in [2.75, 3.05) is 18.4 Å². The summed E-state index contributed by atoms with van der Waals surface area (Å²) in [6.45, 7) is 4.09. The maximum Gasteiger partial charge on any atom is 0.238 e. The summed E-state index contributed by atoms with van der Waals surface area (Å²) in [6.07, 6.45) is 3.01. The molecule has 2 rings (SSSR count). The first kappa shape index (κ1) is 13.8. The number of hydrogen-bond acceptors (Lipinski definition) is 5. The minimum atomic E-state index is -0.529. The van der Waals surface area contributed by atoms with Crippen molar-refractivity contribution < 1.29 is 9.18 Å². The monoisotopic (exact) mass is 276 g/mol. The molecule has 1 aromatic carbocycles. The van der Waals surface area contributed by atoms with Crippen molar-refractivity contribution in [2.45, 2.75) is 0 Å². The topological polar surface area (TPSA) is 84.7 Å². The highest BCUT2D eigenvalue weighted by Crippen LogP contribution is 2.18. The summed E-state index contributed by atoms with van der Waals surface area (Å²) in [4.78, 5) is 11.6. The van der Waals surface area contributed by atoms with E-state index in [1.165, 1.54) is 29.2 Å².